The molecule has 0 bridgehead atoms. The molecule has 0 aliphatic carbocycles. The Morgan fingerprint density at radius 1 is 0.780 bits per heavy atom. The van der Waals surface area contributed by atoms with Gasteiger partial charge >= 0.3 is 0 Å². The Bertz CT molecular complexity index is 1470. The van der Waals surface area contributed by atoms with E-state index in [2.05, 4.69) is 25.4 Å². The van der Waals surface area contributed by atoms with E-state index < -0.39 is 0 Å². The Balaban J connectivity index is 0.987. The summed E-state index contributed by atoms with van der Waals surface area (Å²) in [5, 5.41) is 8.35. The number of piperazine rings is 1. The molecule has 0 radical (unpaired) electrons. The number of hydrogen-bond donors (Lipinski definition) is 2. The lowest BCUT2D eigenvalue weighted by atomic mass is 9.98. The van der Waals surface area contributed by atoms with E-state index in [1.165, 1.54) is 0 Å². The zero-order chi connectivity index (χ0) is 28.4. The molecule has 1 aliphatic rings. The molecule has 0 unspecified atom stereocenters. The van der Waals surface area contributed by atoms with Crippen molar-refractivity contribution in [2.75, 3.05) is 57.7 Å². The number of aromatic nitrogens is 1. The van der Waals surface area contributed by atoms with Crippen LogP contribution in [-0.4, -0.2) is 78.8 Å². The molecule has 4 aromatic rings. The topological polar surface area (TPSA) is 77.6 Å². The number of nitrogens with zero attached hydrogens (tertiary/aromatic N) is 3. The number of ketones is 1. The van der Waals surface area contributed by atoms with Crippen molar-refractivity contribution in [2.24, 2.45) is 0 Å². The molecule has 7 nitrogen and oxygen atoms in total. The summed E-state index contributed by atoms with van der Waals surface area (Å²) in [5.74, 6) is -0.340. The Morgan fingerprint density at radius 3 is 2.17 bits per heavy atom. The molecule has 3 aromatic carbocycles. The first kappa shape index (κ1) is 28.7. The normalized spacial score (nSPS) is 14.2. The van der Waals surface area contributed by atoms with Gasteiger partial charge < -0.3 is 20.4 Å². The minimum absolute atomic E-state index is 0.138. The van der Waals surface area contributed by atoms with Crippen LogP contribution < -0.4 is 10.6 Å². The van der Waals surface area contributed by atoms with Crippen LogP contribution in [0, 0.1) is 0 Å². The molecule has 1 amide bonds. The third-order valence-corrected chi connectivity index (χ3v) is 7.76. The SMILES string of the molecule is O=C(NCCCN1CCN(CCCNc2ccnc3cc(Cl)ccc23)CC1)c1ccccc1C(=O)c1ccccc1. The molecule has 8 heteroatoms. The second kappa shape index (κ2) is 14.2. The van der Waals surface area contributed by atoms with Gasteiger partial charge in [0, 0.05) is 72.7 Å². The largest absolute Gasteiger partial charge is 0.384 e. The van der Waals surface area contributed by atoms with Crippen LogP contribution in [0.3, 0.4) is 0 Å². The Kier molecular flexibility index (Phi) is 9.96. The van der Waals surface area contributed by atoms with Gasteiger partial charge in [-0.05, 0) is 56.3 Å². The minimum Gasteiger partial charge on any atom is -0.384 e. The third kappa shape index (κ3) is 7.70. The fourth-order valence-electron chi connectivity index (χ4n) is 5.26. The maximum absolute atomic E-state index is 12.9. The van der Waals surface area contributed by atoms with E-state index in [1.54, 1.807) is 36.4 Å². The zero-order valence-electron chi connectivity index (χ0n) is 23.2. The van der Waals surface area contributed by atoms with Crippen molar-refractivity contribution in [2.45, 2.75) is 12.8 Å². The summed E-state index contributed by atoms with van der Waals surface area (Å²) in [6.07, 6.45) is 3.75. The van der Waals surface area contributed by atoms with Crippen molar-refractivity contribution < 1.29 is 9.59 Å². The summed E-state index contributed by atoms with van der Waals surface area (Å²) < 4.78 is 0. The molecule has 0 saturated carbocycles. The first-order valence-corrected chi connectivity index (χ1v) is 14.7. The Labute approximate surface area is 246 Å². The molecule has 1 aromatic heterocycles. The van der Waals surface area contributed by atoms with E-state index >= 15 is 0 Å². The summed E-state index contributed by atoms with van der Waals surface area (Å²) in [6, 6.07) is 23.9. The third-order valence-electron chi connectivity index (χ3n) is 7.53. The number of hydrogen-bond acceptors (Lipinski definition) is 6. The highest BCUT2D eigenvalue weighted by Crippen LogP contribution is 2.24. The van der Waals surface area contributed by atoms with Gasteiger partial charge in [-0.15, -0.1) is 0 Å². The van der Waals surface area contributed by atoms with Crippen LogP contribution in [0.1, 0.15) is 39.1 Å². The first-order chi connectivity index (χ1) is 20.1. The monoisotopic (exact) mass is 569 g/mol. The summed E-state index contributed by atoms with van der Waals surface area (Å²) >= 11 is 6.10. The zero-order valence-corrected chi connectivity index (χ0v) is 23.9. The smallest absolute Gasteiger partial charge is 0.252 e. The van der Waals surface area contributed by atoms with Crippen LogP contribution in [0.4, 0.5) is 5.69 Å². The van der Waals surface area contributed by atoms with Gasteiger partial charge in [0.15, 0.2) is 5.78 Å². The lowest BCUT2D eigenvalue weighted by molar-refractivity contribution is 0.0937. The van der Waals surface area contributed by atoms with Crippen molar-refractivity contribution in [3.63, 3.8) is 0 Å². The van der Waals surface area contributed by atoms with Crippen molar-refractivity contribution >= 4 is 39.9 Å². The van der Waals surface area contributed by atoms with Crippen LogP contribution >= 0.6 is 11.6 Å². The van der Waals surface area contributed by atoms with Gasteiger partial charge in [0.25, 0.3) is 5.91 Å². The number of benzene rings is 3. The Hall–Kier alpha value is -3.78. The van der Waals surface area contributed by atoms with E-state index in [4.69, 9.17) is 11.6 Å². The van der Waals surface area contributed by atoms with Crippen molar-refractivity contribution in [1.82, 2.24) is 20.1 Å². The molecular weight excluding hydrogens is 534 g/mol. The second-order valence-corrected chi connectivity index (χ2v) is 10.8. The van der Waals surface area contributed by atoms with Crippen LogP contribution in [0.15, 0.2) is 85.1 Å². The van der Waals surface area contributed by atoms with E-state index in [0.29, 0.717) is 28.3 Å². The highest BCUT2D eigenvalue weighted by atomic mass is 35.5. The minimum atomic E-state index is -0.202. The lowest BCUT2D eigenvalue weighted by Crippen LogP contribution is -2.47. The number of amides is 1. The van der Waals surface area contributed by atoms with Gasteiger partial charge in [0.05, 0.1) is 11.1 Å². The highest BCUT2D eigenvalue weighted by Gasteiger charge is 2.19. The Morgan fingerprint density at radius 2 is 1.44 bits per heavy atom. The van der Waals surface area contributed by atoms with Crippen molar-refractivity contribution in [3.8, 4) is 0 Å². The summed E-state index contributed by atoms with van der Waals surface area (Å²) in [6.45, 7) is 7.66. The van der Waals surface area contributed by atoms with E-state index in [9.17, 15) is 9.59 Å². The van der Waals surface area contributed by atoms with E-state index in [1.807, 2.05) is 48.7 Å². The summed E-state index contributed by atoms with van der Waals surface area (Å²) in [5.41, 5.74) is 3.43. The fraction of sp³-hybridized carbons (Fsp3) is 0.303. The van der Waals surface area contributed by atoms with Gasteiger partial charge in [-0.1, -0.05) is 60.1 Å². The molecule has 2 heterocycles. The maximum Gasteiger partial charge on any atom is 0.252 e. The van der Waals surface area contributed by atoms with Crippen molar-refractivity contribution in [3.05, 3.63) is 107 Å². The number of carbonyl (C=O) groups is 2. The molecule has 0 atom stereocenters. The van der Waals surface area contributed by atoms with Gasteiger partial charge in [-0.25, -0.2) is 0 Å². The predicted molar refractivity (Wildman–Crippen MR) is 166 cm³/mol. The molecular formula is C33H36ClN5O2. The average molecular weight is 570 g/mol. The molecule has 2 N–H and O–H groups in total. The number of carbonyl (C=O) groups excluding carboxylic acids is 2. The molecule has 1 aliphatic heterocycles. The number of fused-ring (bicyclic) bond motifs is 1. The van der Waals surface area contributed by atoms with Gasteiger partial charge in [-0.3, -0.25) is 14.6 Å². The van der Waals surface area contributed by atoms with Gasteiger partial charge in [0.1, 0.15) is 0 Å². The molecule has 5 rings (SSSR count). The highest BCUT2D eigenvalue weighted by molar-refractivity contribution is 6.31. The molecule has 41 heavy (non-hydrogen) atoms. The summed E-state index contributed by atoms with van der Waals surface area (Å²) in [4.78, 5) is 35.2. The average Bonchev–Trinajstić information content (AvgIpc) is 3.02. The fourth-order valence-corrected chi connectivity index (χ4v) is 5.43. The first-order valence-electron chi connectivity index (χ1n) is 14.3. The molecule has 212 valence electrons. The van der Waals surface area contributed by atoms with E-state index in [-0.39, 0.29) is 11.7 Å². The standard InChI is InChI=1S/C33H36ClN5O2/c34-26-12-13-29-30(14-17-36-31(29)24-26)35-15-6-18-38-20-22-39(23-21-38)19-7-16-37-33(41)28-11-5-4-10-27(28)32(40)25-8-2-1-3-9-25/h1-5,8-14,17,24H,6-7,15-16,18-23H2,(H,35,36)(H,37,41). The van der Waals surface area contributed by atoms with Crippen molar-refractivity contribution in [1.29, 1.82) is 0 Å². The summed E-state index contributed by atoms with van der Waals surface area (Å²) in [7, 11) is 0. The number of halogens is 1. The molecule has 1 saturated heterocycles. The van der Waals surface area contributed by atoms with Crippen LogP contribution in [0.5, 0.6) is 0 Å². The predicted octanol–water partition coefficient (Wildman–Crippen LogP) is 5.36. The van der Waals surface area contributed by atoms with E-state index in [0.717, 1.165) is 75.2 Å². The second-order valence-electron chi connectivity index (χ2n) is 10.3. The number of anilines is 1. The van der Waals surface area contributed by atoms with Gasteiger partial charge in [-0.2, -0.15) is 0 Å². The number of rotatable bonds is 12. The number of pyridine rings is 1. The van der Waals surface area contributed by atoms with Crippen LogP contribution in [0.2, 0.25) is 5.02 Å². The number of nitrogens with one attached hydrogen (secondary N) is 2. The molecule has 0 spiro atoms. The quantitative estimate of drug-likeness (QED) is 0.177. The molecule has 1 fully saturated rings. The van der Waals surface area contributed by atoms with Crippen LogP contribution in [-0.2, 0) is 0 Å². The maximum atomic E-state index is 12.9. The lowest BCUT2D eigenvalue weighted by Gasteiger charge is -2.34. The van der Waals surface area contributed by atoms with Crippen LogP contribution in [0.25, 0.3) is 10.9 Å². The van der Waals surface area contributed by atoms with Gasteiger partial charge in [0.2, 0.25) is 0 Å².